The Bertz CT molecular complexity index is 1220. The summed E-state index contributed by atoms with van der Waals surface area (Å²) >= 11 is 24.3. The number of rotatable bonds is 8. The Hall–Kier alpha value is -2.84. The summed E-state index contributed by atoms with van der Waals surface area (Å²) in [6.45, 7) is 3.74. The fraction of sp³-hybridized carbons (Fsp3) is 0.167. The van der Waals surface area contributed by atoms with Crippen molar-refractivity contribution in [2.24, 2.45) is 10.2 Å². The molecule has 0 unspecified atom stereocenters. The van der Waals surface area contributed by atoms with Crippen LogP contribution in [0.25, 0.3) is 0 Å². The third-order valence-electron chi connectivity index (χ3n) is 4.79. The number of hydrogen-bond acceptors (Lipinski definition) is 5. The van der Waals surface area contributed by atoms with Gasteiger partial charge >= 0.3 is 11.8 Å². The predicted molar refractivity (Wildman–Crippen MR) is 140 cm³/mol. The number of benzene rings is 2. The van der Waals surface area contributed by atoms with Gasteiger partial charge < -0.3 is 4.42 Å². The van der Waals surface area contributed by atoms with Gasteiger partial charge in [0, 0.05) is 21.2 Å². The van der Waals surface area contributed by atoms with Crippen LogP contribution in [0.4, 0.5) is 0 Å². The lowest BCUT2D eigenvalue weighted by molar-refractivity contribution is 0.0902. The summed E-state index contributed by atoms with van der Waals surface area (Å²) in [6.07, 6.45) is 1.01. The highest BCUT2D eigenvalue weighted by Gasteiger charge is 2.17. The van der Waals surface area contributed by atoms with E-state index >= 15 is 0 Å². The standard InChI is InChI=1S/C24H20Cl4N4O3/c1-3-19(15-7-5-13(25)11-17(15)27)29-31-23(33)21-9-10-22(35-21)24(34)32-30-20(4-2)16-8-6-14(26)12-18(16)28/h5-12H,3-4H2,1-2H3,(H,31,33)(H,32,34)/b29-19+,30-20+. The Labute approximate surface area is 222 Å². The number of hydrogen-bond donors (Lipinski definition) is 2. The Kier molecular flexibility index (Phi) is 9.34. The van der Waals surface area contributed by atoms with Gasteiger partial charge in [-0.25, -0.2) is 10.9 Å². The van der Waals surface area contributed by atoms with Crippen molar-refractivity contribution in [3.05, 3.63) is 91.3 Å². The largest absolute Gasteiger partial charge is 0.446 e. The second-order valence-electron chi connectivity index (χ2n) is 7.12. The van der Waals surface area contributed by atoms with Gasteiger partial charge in [-0.05, 0) is 49.2 Å². The van der Waals surface area contributed by atoms with Crippen LogP contribution in [-0.4, -0.2) is 23.2 Å². The van der Waals surface area contributed by atoms with Gasteiger partial charge in [0.05, 0.1) is 21.5 Å². The maximum atomic E-state index is 12.5. The molecule has 0 radical (unpaired) electrons. The molecular weight excluding hydrogens is 534 g/mol. The van der Waals surface area contributed by atoms with Crippen LogP contribution in [0.3, 0.4) is 0 Å². The highest BCUT2D eigenvalue weighted by molar-refractivity contribution is 6.37. The van der Waals surface area contributed by atoms with Crippen molar-refractivity contribution >= 4 is 69.6 Å². The molecule has 0 spiro atoms. The average molecular weight is 554 g/mol. The highest BCUT2D eigenvalue weighted by Crippen LogP contribution is 2.23. The van der Waals surface area contributed by atoms with E-state index in [2.05, 4.69) is 21.1 Å². The van der Waals surface area contributed by atoms with Gasteiger partial charge in [0.15, 0.2) is 11.5 Å². The molecule has 2 amide bonds. The first-order valence-corrected chi connectivity index (χ1v) is 12.0. The molecule has 0 atom stereocenters. The third kappa shape index (κ3) is 6.86. The normalized spacial score (nSPS) is 11.9. The number of nitrogens with zero attached hydrogens (tertiary/aromatic N) is 2. The zero-order valence-corrected chi connectivity index (χ0v) is 21.7. The molecule has 0 aliphatic rings. The van der Waals surface area contributed by atoms with Crippen LogP contribution in [0.1, 0.15) is 58.9 Å². The number of nitrogens with one attached hydrogen (secondary N) is 2. The maximum Gasteiger partial charge on any atom is 0.307 e. The molecule has 0 aliphatic carbocycles. The van der Waals surface area contributed by atoms with Crippen LogP contribution in [0.2, 0.25) is 20.1 Å². The molecule has 0 bridgehead atoms. The van der Waals surface area contributed by atoms with E-state index in [0.29, 0.717) is 55.5 Å². The summed E-state index contributed by atoms with van der Waals surface area (Å²) in [5.74, 6) is -1.47. The molecule has 1 heterocycles. The van der Waals surface area contributed by atoms with Crippen molar-refractivity contribution in [3.8, 4) is 0 Å². The molecule has 35 heavy (non-hydrogen) atoms. The number of carbonyl (C=O) groups is 2. The van der Waals surface area contributed by atoms with Gasteiger partial charge in [0.1, 0.15) is 0 Å². The van der Waals surface area contributed by atoms with Gasteiger partial charge in [0.2, 0.25) is 0 Å². The van der Waals surface area contributed by atoms with E-state index in [1.165, 1.54) is 12.1 Å². The second kappa shape index (κ2) is 12.2. The molecule has 0 saturated heterocycles. The molecule has 11 heteroatoms. The first kappa shape index (κ1) is 26.8. The molecular formula is C24H20Cl4N4O3. The van der Waals surface area contributed by atoms with Crippen molar-refractivity contribution in [2.75, 3.05) is 0 Å². The van der Waals surface area contributed by atoms with Gasteiger partial charge in [-0.3, -0.25) is 9.59 Å². The van der Waals surface area contributed by atoms with Crippen molar-refractivity contribution in [2.45, 2.75) is 26.7 Å². The lowest BCUT2D eigenvalue weighted by Crippen LogP contribution is -2.21. The van der Waals surface area contributed by atoms with Gasteiger partial charge in [-0.1, -0.05) is 72.4 Å². The Morgan fingerprint density at radius 2 is 1.11 bits per heavy atom. The van der Waals surface area contributed by atoms with E-state index in [4.69, 9.17) is 50.8 Å². The molecule has 0 saturated carbocycles. The first-order chi connectivity index (χ1) is 16.7. The third-order valence-corrected chi connectivity index (χ3v) is 5.89. The summed E-state index contributed by atoms with van der Waals surface area (Å²) in [7, 11) is 0. The minimum Gasteiger partial charge on any atom is -0.446 e. The topological polar surface area (TPSA) is 96.1 Å². The fourth-order valence-electron chi connectivity index (χ4n) is 3.04. The second-order valence-corrected chi connectivity index (χ2v) is 8.81. The van der Waals surface area contributed by atoms with Gasteiger partial charge in [-0.15, -0.1) is 0 Å². The summed E-state index contributed by atoms with van der Waals surface area (Å²) in [5.41, 5.74) is 7.21. The Morgan fingerprint density at radius 1 is 0.714 bits per heavy atom. The van der Waals surface area contributed by atoms with E-state index in [1.807, 2.05) is 13.8 Å². The Morgan fingerprint density at radius 3 is 1.46 bits per heavy atom. The molecule has 0 aliphatic heterocycles. The van der Waals surface area contributed by atoms with Crippen molar-refractivity contribution < 1.29 is 14.0 Å². The lowest BCUT2D eigenvalue weighted by atomic mass is 10.1. The van der Waals surface area contributed by atoms with E-state index in [1.54, 1.807) is 36.4 Å². The number of amides is 2. The number of furan rings is 1. The van der Waals surface area contributed by atoms with Crippen LogP contribution >= 0.6 is 46.4 Å². The summed E-state index contributed by atoms with van der Waals surface area (Å²) in [4.78, 5) is 25.0. The van der Waals surface area contributed by atoms with Crippen LogP contribution in [0, 0.1) is 0 Å². The molecule has 0 fully saturated rings. The minimum absolute atomic E-state index is 0.100. The molecule has 2 aromatic carbocycles. The van der Waals surface area contributed by atoms with Crippen LogP contribution in [0.15, 0.2) is 63.2 Å². The zero-order chi connectivity index (χ0) is 25.5. The lowest BCUT2D eigenvalue weighted by Gasteiger charge is -2.07. The molecule has 182 valence electrons. The van der Waals surface area contributed by atoms with Gasteiger partial charge in [-0.2, -0.15) is 10.2 Å². The van der Waals surface area contributed by atoms with Crippen LogP contribution < -0.4 is 10.9 Å². The maximum absolute atomic E-state index is 12.5. The molecule has 3 rings (SSSR count). The fourth-order valence-corrected chi connectivity index (χ4v) is 4.07. The summed E-state index contributed by atoms with van der Waals surface area (Å²) in [5, 5.41) is 10.1. The molecule has 2 N–H and O–H groups in total. The van der Waals surface area contributed by atoms with E-state index in [-0.39, 0.29) is 11.5 Å². The van der Waals surface area contributed by atoms with Gasteiger partial charge in [0.25, 0.3) is 0 Å². The number of carbonyl (C=O) groups excluding carboxylic acids is 2. The van der Waals surface area contributed by atoms with Crippen LogP contribution in [-0.2, 0) is 0 Å². The predicted octanol–water partition coefficient (Wildman–Crippen LogP) is 6.98. The van der Waals surface area contributed by atoms with Crippen molar-refractivity contribution in [1.82, 2.24) is 10.9 Å². The summed E-state index contributed by atoms with van der Waals surface area (Å²) < 4.78 is 5.38. The first-order valence-electron chi connectivity index (χ1n) is 10.5. The van der Waals surface area contributed by atoms with Crippen molar-refractivity contribution in [1.29, 1.82) is 0 Å². The number of hydrazone groups is 2. The van der Waals surface area contributed by atoms with E-state index in [9.17, 15) is 9.59 Å². The molecule has 1 aromatic heterocycles. The van der Waals surface area contributed by atoms with Crippen LogP contribution in [0.5, 0.6) is 0 Å². The Balaban J connectivity index is 1.69. The van der Waals surface area contributed by atoms with E-state index < -0.39 is 11.8 Å². The monoisotopic (exact) mass is 552 g/mol. The SMILES string of the molecule is CC/C(=N\NC(=O)c1ccc(C(=O)N/N=C(\CC)c2ccc(Cl)cc2Cl)o1)c1ccc(Cl)cc1Cl. The molecule has 7 nitrogen and oxygen atoms in total. The van der Waals surface area contributed by atoms with E-state index in [0.717, 1.165) is 0 Å². The van der Waals surface area contributed by atoms with Crippen molar-refractivity contribution in [3.63, 3.8) is 0 Å². The zero-order valence-electron chi connectivity index (χ0n) is 18.7. The quantitative estimate of drug-likeness (QED) is 0.232. The average Bonchev–Trinajstić information content (AvgIpc) is 3.32. The highest BCUT2D eigenvalue weighted by atomic mass is 35.5. The summed E-state index contributed by atoms with van der Waals surface area (Å²) in [6, 6.07) is 12.7. The smallest absolute Gasteiger partial charge is 0.307 e. The molecule has 3 aromatic rings. The number of halogens is 4. The minimum atomic E-state index is -0.634.